The molecule has 1 aliphatic heterocycles. The highest BCUT2D eigenvalue weighted by atomic mass is 79.9. The van der Waals surface area contributed by atoms with Crippen LogP contribution in [0.3, 0.4) is 0 Å². The number of hydrogen-bond acceptors (Lipinski definition) is 2. The second-order valence-electron chi connectivity index (χ2n) is 3.00. The lowest BCUT2D eigenvalue weighted by molar-refractivity contribution is 0.379. The summed E-state index contributed by atoms with van der Waals surface area (Å²) in [6.45, 7) is 1.08. The Morgan fingerprint density at radius 1 is 1.50 bits per heavy atom. The molecule has 0 amide bonds. The van der Waals surface area contributed by atoms with Gasteiger partial charge >= 0.3 is 0 Å². The van der Waals surface area contributed by atoms with Crippen molar-refractivity contribution < 1.29 is 5.11 Å². The number of rotatable bonds is 1. The molecule has 1 aliphatic rings. The van der Waals surface area contributed by atoms with Crippen molar-refractivity contribution >= 4 is 15.9 Å². The summed E-state index contributed by atoms with van der Waals surface area (Å²) in [5.41, 5.74) is 1.15. The number of benzene rings is 1. The second kappa shape index (κ2) is 3.07. The number of halogens is 1. The maximum atomic E-state index is 9.26. The van der Waals surface area contributed by atoms with Crippen LogP contribution in [-0.2, 0) is 0 Å². The van der Waals surface area contributed by atoms with E-state index in [0.29, 0.717) is 11.8 Å². The van der Waals surface area contributed by atoms with Crippen LogP contribution in [-0.4, -0.2) is 11.7 Å². The molecule has 1 fully saturated rings. The van der Waals surface area contributed by atoms with E-state index in [4.69, 9.17) is 0 Å². The molecule has 0 radical (unpaired) electrons. The van der Waals surface area contributed by atoms with Gasteiger partial charge in [0.2, 0.25) is 0 Å². The lowest BCUT2D eigenvalue weighted by atomic mass is 9.98. The summed E-state index contributed by atoms with van der Waals surface area (Å²) in [6, 6.07) is 5.80. The third-order valence-electron chi connectivity index (χ3n) is 2.18. The predicted molar refractivity (Wildman–Crippen MR) is 51.2 cm³/mol. The third kappa shape index (κ3) is 1.34. The Morgan fingerprint density at radius 2 is 2.25 bits per heavy atom. The van der Waals surface area contributed by atoms with Crippen molar-refractivity contribution in [2.75, 3.05) is 6.54 Å². The zero-order valence-corrected chi connectivity index (χ0v) is 8.13. The number of hydrogen-bond donors (Lipinski definition) is 2. The van der Waals surface area contributed by atoms with E-state index in [1.54, 1.807) is 12.1 Å². The number of phenols is 1. The van der Waals surface area contributed by atoms with E-state index in [-0.39, 0.29) is 0 Å². The second-order valence-corrected chi connectivity index (χ2v) is 3.86. The molecule has 1 aromatic rings. The molecule has 1 aromatic carbocycles. The Labute approximate surface area is 79.7 Å². The molecular weight excluding hydrogens is 218 g/mol. The summed E-state index contributed by atoms with van der Waals surface area (Å²) in [4.78, 5) is 0. The van der Waals surface area contributed by atoms with Crippen molar-refractivity contribution in [3.05, 3.63) is 28.2 Å². The van der Waals surface area contributed by atoms with Gasteiger partial charge in [0, 0.05) is 10.5 Å². The first-order chi connectivity index (χ1) is 5.77. The standard InChI is InChI=1S/C9H10BrNO/c10-8-2-1-6(12)5-7(8)9-3-4-11-9/h1-2,5,9,11-12H,3-4H2/t9-/m1/s1. The van der Waals surface area contributed by atoms with Crippen LogP contribution in [0.4, 0.5) is 0 Å². The fraction of sp³-hybridized carbons (Fsp3) is 0.333. The molecule has 0 bridgehead atoms. The highest BCUT2D eigenvalue weighted by Crippen LogP contribution is 2.31. The van der Waals surface area contributed by atoms with Gasteiger partial charge < -0.3 is 10.4 Å². The van der Waals surface area contributed by atoms with Crippen LogP contribution in [0.2, 0.25) is 0 Å². The Bertz CT molecular complexity index is 297. The van der Waals surface area contributed by atoms with E-state index in [9.17, 15) is 5.11 Å². The first-order valence-electron chi connectivity index (χ1n) is 3.99. The minimum atomic E-state index is 0.335. The fourth-order valence-corrected chi connectivity index (χ4v) is 1.88. The van der Waals surface area contributed by atoms with Crippen molar-refractivity contribution in [1.29, 1.82) is 0 Å². The lowest BCUT2D eigenvalue weighted by Crippen LogP contribution is -2.35. The average Bonchev–Trinajstić information content (AvgIpc) is 1.93. The summed E-state index contributed by atoms with van der Waals surface area (Å²) in [5, 5.41) is 12.5. The smallest absolute Gasteiger partial charge is 0.115 e. The molecular formula is C9H10BrNO. The van der Waals surface area contributed by atoms with Gasteiger partial charge in [-0.15, -0.1) is 0 Å². The van der Waals surface area contributed by atoms with E-state index in [1.165, 1.54) is 0 Å². The van der Waals surface area contributed by atoms with Gasteiger partial charge in [-0.1, -0.05) is 15.9 Å². The SMILES string of the molecule is Oc1ccc(Br)c([C@H]2CCN2)c1. The maximum Gasteiger partial charge on any atom is 0.115 e. The predicted octanol–water partition coefficient (Wildman–Crippen LogP) is 2.19. The van der Waals surface area contributed by atoms with Gasteiger partial charge in [-0.25, -0.2) is 0 Å². The normalized spacial score (nSPS) is 21.9. The molecule has 64 valence electrons. The quantitative estimate of drug-likeness (QED) is 0.772. The molecule has 12 heavy (non-hydrogen) atoms. The van der Waals surface area contributed by atoms with Crippen LogP contribution < -0.4 is 5.32 Å². The molecule has 3 heteroatoms. The summed E-state index contributed by atoms with van der Waals surface area (Å²) in [5.74, 6) is 0.335. The summed E-state index contributed by atoms with van der Waals surface area (Å²) in [7, 11) is 0. The molecule has 0 unspecified atom stereocenters. The summed E-state index contributed by atoms with van der Waals surface area (Å²) < 4.78 is 1.07. The first-order valence-corrected chi connectivity index (χ1v) is 4.78. The summed E-state index contributed by atoms with van der Waals surface area (Å²) in [6.07, 6.45) is 1.15. The number of nitrogens with one attached hydrogen (secondary N) is 1. The molecule has 0 saturated carbocycles. The minimum Gasteiger partial charge on any atom is -0.508 e. The van der Waals surface area contributed by atoms with Crippen LogP contribution in [0.5, 0.6) is 5.75 Å². The Hall–Kier alpha value is -0.540. The zero-order chi connectivity index (χ0) is 8.55. The molecule has 1 heterocycles. The van der Waals surface area contributed by atoms with E-state index in [0.717, 1.165) is 23.0 Å². The van der Waals surface area contributed by atoms with Gasteiger partial charge in [0.05, 0.1) is 0 Å². The monoisotopic (exact) mass is 227 g/mol. The van der Waals surface area contributed by atoms with E-state index < -0.39 is 0 Å². The molecule has 1 saturated heterocycles. The number of aromatic hydroxyl groups is 1. The maximum absolute atomic E-state index is 9.26. The van der Waals surface area contributed by atoms with Crippen molar-refractivity contribution in [1.82, 2.24) is 5.32 Å². The van der Waals surface area contributed by atoms with Crippen LogP contribution in [0.15, 0.2) is 22.7 Å². The van der Waals surface area contributed by atoms with Crippen molar-refractivity contribution in [2.45, 2.75) is 12.5 Å². The van der Waals surface area contributed by atoms with E-state index >= 15 is 0 Å². The van der Waals surface area contributed by atoms with Crippen LogP contribution >= 0.6 is 15.9 Å². The van der Waals surface area contributed by atoms with Gasteiger partial charge in [0.15, 0.2) is 0 Å². The van der Waals surface area contributed by atoms with Crippen LogP contribution in [0.1, 0.15) is 18.0 Å². The van der Waals surface area contributed by atoms with Crippen molar-refractivity contribution in [3.8, 4) is 5.75 Å². The highest BCUT2D eigenvalue weighted by molar-refractivity contribution is 9.10. The largest absolute Gasteiger partial charge is 0.508 e. The van der Waals surface area contributed by atoms with Gasteiger partial charge in [-0.05, 0) is 36.7 Å². The highest BCUT2D eigenvalue weighted by Gasteiger charge is 2.20. The Kier molecular flexibility index (Phi) is 2.07. The Balaban J connectivity index is 2.34. The van der Waals surface area contributed by atoms with E-state index in [1.807, 2.05) is 6.07 Å². The molecule has 0 aliphatic carbocycles. The molecule has 0 spiro atoms. The van der Waals surface area contributed by atoms with Gasteiger partial charge in [0.1, 0.15) is 5.75 Å². The Morgan fingerprint density at radius 3 is 2.83 bits per heavy atom. The first kappa shape index (κ1) is 8.08. The van der Waals surface area contributed by atoms with Gasteiger partial charge in [0.25, 0.3) is 0 Å². The summed E-state index contributed by atoms with van der Waals surface area (Å²) >= 11 is 3.45. The minimum absolute atomic E-state index is 0.335. The molecule has 1 atom stereocenters. The topological polar surface area (TPSA) is 32.3 Å². The van der Waals surface area contributed by atoms with Crippen molar-refractivity contribution in [2.24, 2.45) is 0 Å². The zero-order valence-electron chi connectivity index (χ0n) is 6.55. The molecule has 2 N–H and O–H groups in total. The molecule has 2 rings (SSSR count). The third-order valence-corrected chi connectivity index (χ3v) is 2.90. The fourth-order valence-electron chi connectivity index (χ4n) is 1.35. The number of phenolic OH excluding ortho intramolecular Hbond substituents is 1. The van der Waals surface area contributed by atoms with Gasteiger partial charge in [-0.2, -0.15) is 0 Å². The van der Waals surface area contributed by atoms with Crippen LogP contribution in [0, 0.1) is 0 Å². The van der Waals surface area contributed by atoms with E-state index in [2.05, 4.69) is 21.2 Å². The van der Waals surface area contributed by atoms with Crippen molar-refractivity contribution in [3.63, 3.8) is 0 Å². The van der Waals surface area contributed by atoms with Gasteiger partial charge in [-0.3, -0.25) is 0 Å². The van der Waals surface area contributed by atoms with Crippen LogP contribution in [0.25, 0.3) is 0 Å². The molecule has 0 aromatic heterocycles. The lowest BCUT2D eigenvalue weighted by Gasteiger charge is -2.28. The average molecular weight is 228 g/mol. The molecule has 2 nitrogen and oxygen atoms in total.